The van der Waals surface area contributed by atoms with Crippen molar-refractivity contribution in [1.29, 1.82) is 0 Å². The zero-order valence-electron chi connectivity index (χ0n) is 18.4. The molecule has 4 nitrogen and oxygen atoms in total. The molecule has 0 spiro atoms. The van der Waals surface area contributed by atoms with Crippen LogP contribution in [0.15, 0.2) is 97.5 Å². The highest BCUT2D eigenvalue weighted by Crippen LogP contribution is 2.41. The van der Waals surface area contributed by atoms with E-state index in [0.717, 1.165) is 35.5 Å². The molecule has 1 fully saturated rings. The lowest BCUT2D eigenvalue weighted by Gasteiger charge is -2.26. The minimum Gasteiger partial charge on any atom is -0.350 e. The topological polar surface area (TPSA) is 35.6 Å². The van der Waals surface area contributed by atoms with Gasteiger partial charge in [-0.25, -0.2) is 0 Å². The summed E-state index contributed by atoms with van der Waals surface area (Å²) in [6.07, 6.45) is 4.31. The SMILES string of the molecule is C=C1N(CC(=O)NCc2ccc(-c3ccccc3)cc2)C=C(c2ccc(Cl)cc2)N1C1CC1. The molecule has 166 valence electrons. The highest BCUT2D eigenvalue weighted by atomic mass is 35.5. The lowest BCUT2D eigenvalue weighted by molar-refractivity contribution is -0.121. The first kappa shape index (κ1) is 21.4. The summed E-state index contributed by atoms with van der Waals surface area (Å²) in [6.45, 7) is 5.01. The van der Waals surface area contributed by atoms with Crippen molar-refractivity contribution in [3.8, 4) is 11.1 Å². The summed E-state index contributed by atoms with van der Waals surface area (Å²) in [6, 6.07) is 26.8. The minimum atomic E-state index is -0.0346. The Bertz CT molecular complexity index is 1180. The van der Waals surface area contributed by atoms with Crippen molar-refractivity contribution in [3.63, 3.8) is 0 Å². The molecule has 1 aliphatic heterocycles. The summed E-state index contributed by atoms with van der Waals surface area (Å²) in [5, 5.41) is 3.75. The number of nitrogens with zero attached hydrogens (tertiary/aromatic N) is 2. The monoisotopic (exact) mass is 455 g/mol. The van der Waals surface area contributed by atoms with Crippen LogP contribution in [0.1, 0.15) is 24.0 Å². The molecule has 0 bridgehead atoms. The fraction of sp³-hybridized carbons (Fsp3) is 0.179. The van der Waals surface area contributed by atoms with Crippen molar-refractivity contribution in [2.45, 2.75) is 25.4 Å². The zero-order valence-corrected chi connectivity index (χ0v) is 19.1. The molecule has 5 rings (SSSR count). The molecular weight excluding hydrogens is 430 g/mol. The van der Waals surface area contributed by atoms with Gasteiger partial charge >= 0.3 is 0 Å². The molecule has 0 saturated heterocycles. The van der Waals surface area contributed by atoms with Crippen LogP contribution in [0.3, 0.4) is 0 Å². The summed E-state index contributed by atoms with van der Waals surface area (Å²) >= 11 is 6.07. The summed E-state index contributed by atoms with van der Waals surface area (Å²) < 4.78 is 0. The number of nitrogens with one attached hydrogen (secondary N) is 1. The van der Waals surface area contributed by atoms with E-state index in [4.69, 9.17) is 11.6 Å². The number of amides is 1. The number of hydrogen-bond donors (Lipinski definition) is 1. The molecule has 5 heteroatoms. The van der Waals surface area contributed by atoms with E-state index in [1.165, 1.54) is 11.1 Å². The predicted octanol–water partition coefficient (Wildman–Crippen LogP) is 5.87. The highest BCUT2D eigenvalue weighted by Gasteiger charge is 2.38. The second-order valence-corrected chi connectivity index (χ2v) is 8.94. The predicted molar refractivity (Wildman–Crippen MR) is 134 cm³/mol. The van der Waals surface area contributed by atoms with E-state index in [1.807, 2.05) is 53.6 Å². The van der Waals surface area contributed by atoms with Gasteiger partial charge in [-0.1, -0.05) is 84.9 Å². The van der Waals surface area contributed by atoms with Crippen LogP contribution in [0.2, 0.25) is 5.02 Å². The Morgan fingerprint density at radius 1 is 0.909 bits per heavy atom. The van der Waals surface area contributed by atoms with E-state index >= 15 is 0 Å². The van der Waals surface area contributed by atoms with Gasteiger partial charge in [0.2, 0.25) is 5.91 Å². The number of hydrogen-bond acceptors (Lipinski definition) is 3. The molecule has 1 amide bonds. The molecule has 0 aromatic heterocycles. The second-order valence-electron chi connectivity index (χ2n) is 8.51. The smallest absolute Gasteiger partial charge is 0.240 e. The van der Waals surface area contributed by atoms with Gasteiger partial charge in [0.05, 0.1) is 5.70 Å². The summed E-state index contributed by atoms with van der Waals surface area (Å²) in [5.41, 5.74) is 5.57. The third-order valence-electron chi connectivity index (χ3n) is 6.06. The molecule has 0 atom stereocenters. The van der Waals surface area contributed by atoms with E-state index < -0.39 is 0 Å². The number of carbonyl (C=O) groups excluding carboxylic acids is 1. The lowest BCUT2D eigenvalue weighted by atomic mass is 10.0. The van der Waals surface area contributed by atoms with Crippen molar-refractivity contribution >= 4 is 23.2 Å². The van der Waals surface area contributed by atoms with Gasteiger partial charge in [0.1, 0.15) is 12.4 Å². The van der Waals surface area contributed by atoms with Crippen LogP contribution < -0.4 is 5.32 Å². The Morgan fingerprint density at radius 2 is 1.55 bits per heavy atom. The largest absolute Gasteiger partial charge is 0.350 e. The Hall–Kier alpha value is -3.50. The molecule has 0 radical (unpaired) electrons. The number of carbonyl (C=O) groups is 1. The van der Waals surface area contributed by atoms with Crippen LogP contribution in [-0.2, 0) is 11.3 Å². The average Bonchev–Trinajstić information content (AvgIpc) is 3.63. The van der Waals surface area contributed by atoms with Crippen LogP contribution >= 0.6 is 11.6 Å². The number of halogens is 1. The van der Waals surface area contributed by atoms with Crippen molar-refractivity contribution in [2.75, 3.05) is 6.54 Å². The molecule has 2 aliphatic rings. The number of benzene rings is 3. The minimum absolute atomic E-state index is 0.0346. The average molecular weight is 456 g/mol. The van der Waals surface area contributed by atoms with E-state index in [-0.39, 0.29) is 12.5 Å². The van der Waals surface area contributed by atoms with E-state index in [0.29, 0.717) is 17.6 Å². The normalized spacial score (nSPS) is 15.5. The molecule has 33 heavy (non-hydrogen) atoms. The van der Waals surface area contributed by atoms with Gasteiger partial charge in [-0.05, 0) is 47.2 Å². The van der Waals surface area contributed by atoms with Gasteiger partial charge in [-0.15, -0.1) is 0 Å². The highest BCUT2D eigenvalue weighted by molar-refractivity contribution is 6.30. The van der Waals surface area contributed by atoms with Crippen molar-refractivity contribution < 1.29 is 4.79 Å². The van der Waals surface area contributed by atoms with Gasteiger partial charge in [0, 0.05) is 23.8 Å². The fourth-order valence-corrected chi connectivity index (χ4v) is 4.26. The van der Waals surface area contributed by atoms with Crippen molar-refractivity contribution in [1.82, 2.24) is 15.1 Å². The maximum absolute atomic E-state index is 12.7. The van der Waals surface area contributed by atoms with Gasteiger partial charge in [-0.2, -0.15) is 0 Å². The Labute approximate surface area is 199 Å². The standard InChI is InChI=1S/C28H26ClN3O/c1-20-31(18-27(32(20)26-15-16-26)24-11-13-25(29)14-12-24)19-28(33)30-17-21-7-9-23(10-8-21)22-5-3-2-4-6-22/h2-14,18,26H,1,15-17,19H2,(H,30,33). The Morgan fingerprint density at radius 3 is 2.21 bits per heavy atom. The van der Waals surface area contributed by atoms with E-state index in [9.17, 15) is 4.79 Å². The third-order valence-corrected chi connectivity index (χ3v) is 6.32. The van der Waals surface area contributed by atoms with E-state index in [1.54, 1.807) is 0 Å². The van der Waals surface area contributed by atoms with Crippen molar-refractivity contribution in [3.05, 3.63) is 114 Å². The van der Waals surface area contributed by atoms with Crippen LogP contribution in [0.5, 0.6) is 0 Å². The fourth-order valence-electron chi connectivity index (χ4n) is 4.13. The third kappa shape index (κ3) is 4.81. The van der Waals surface area contributed by atoms with Crippen molar-refractivity contribution in [2.24, 2.45) is 0 Å². The molecule has 1 saturated carbocycles. The Balaban J connectivity index is 1.22. The first-order valence-corrected chi connectivity index (χ1v) is 11.6. The molecule has 1 heterocycles. The van der Waals surface area contributed by atoms with Crippen LogP contribution in [0.4, 0.5) is 0 Å². The lowest BCUT2D eigenvalue weighted by Crippen LogP contribution is -2.35. The maximum atomic E-state index is 12.7. The molecular formula is C28H26ClN3O. The van der Waals surface area contributed by atoms with Gasteiger partial charge in [-0.3, -0.25) is 4.79 Å². The Kier molecular flexibility index (Phi) is 5.93. The second kappa shape index (κ2) is 9.16. The summed E-state index contributed by atoms with van der Waals surface area (Å²) in [7, 11) is 0. The van der Waals surface area contributed by atoms with Gasteiger partial charge in [0.25, 0.3) is 0 Å². The van der Waals surface area contributed by atoms with Crippen LogP contribution in [0.25, 0.3) is 16.8 Å². The number of rotatable bonds is 7. The molecule has 0 unspecified atom stereocenters. The van der Waals surface area contributed by atoms with E-state index in [2.05, 4.69) is 53.2 Å². The first-order chi connectivity index (χ1) is 16.1. The first-order valence-electron chi connectivity index (χ1n) is 11.2. The maximum Gasteiger partial charge on any atom is 0.240 e. The summed E-state index contributed by atoms with van der Waals surface area (Å²) in [5.74, 6) is 0.817. The van der Waals surface area contributed by atoms with Crippen LogP contribution in [-0.4, -0.2) is 28.3 Å². The molecule has 3 aromatic carbocycles. The molecule has 3 aromatic rings. The quantitative estimate of drug-likeness (QED) is 0.483. The van der Waals surface area contributed by atoms with Gasteiger partial charge < -0.3 is 15.1 Å². The van der Waals surface area contributed by atoms with Crippen LogP contribution in [0, 0.1) is 0 Å². The summed E-state index contributed by atoms with van der Waals surface area (Å²) in [4.78, 5) is 16.9. The van der Waals surface area contributed by atoms with Gasteiger partial charge in [0.15, 0.2) is 0 Å². The molecule has 1 N–H and O–H groups in total. The molecule has 1 aliphatic carbocycles. The zero-order chi connectivity index (χ0) is 22.8.